The van der Waals surface area contributed by atoms with E-state index in [1.165, 1.54) is 11.3 Å². The molecule has 1 aromatic rings. The minimum Gasteiger partial charge on any atom is -0.383 e. The van der Waals surface area contributed by atoms with Crippen LogP contribution in [0.2, 0.25) is 0 Å². The van der Waals surface area contributed by atoms with Crippen molar-refractivity contribution < 1.29 is 13.5 Å². The first-order valence-electron chi connectivity index (χ1n) is 7.96. The van der Waals surface area contributed by atoms with Crippen molar-refractivity contribution in [1.82, 2.24) is 9.88 Å². The van der Waals surface area contributed by atoms with E-state index in [0.29, 0.717) is 26.0 Å². The van der Waals surface area contributed by atoms with Gasteiger partial charge < -0.3 is 4.74 Å². The molecule has 0 aromatic carbocycles. The highest BCUT2D eigenvalue weighted by Crippen LogP contribution is 2.42. The van der Waals surface area contributed by atoms with Gasteiger partial charge in [-0.05, 0) is 19.4 Å². The molecule has 128 valence electrons. The molecule has 1 aliphatic rings. The van der Waals surface area contributed by atoms with E-state index in [9.17, 15) is 14.0 Å². The van der Waals surface area contributed by atoms with Crippen LogP contribution in [0, 0.1) is 11.3 Å². The Morgan fingerprint density at radius 2 is 2.22 bits per heavy atom. The van der Waals surface area contributed by atoms with Crippen molar-refractivity contribution in [3.63, 3.8) is 0 Å². The first kappa shape index (κ1) is 18.2. The number of methoxy groups -OCH3 is 1. The maximum atomic E-state index is 13.3. The Morgan fingerprint density at radius 1 is 1.52 bits per heavy atom. The summed E-state index contributed by atoms with van der Waals surface area (Å²) in [5.41, 5.74) is 0. The van der Waals surface area contributed by atoms with Crippen LogP contribution in [0.15, 0.2) is 6.20 Å². The van der Waals surface area contributed by atoms with Crippen LogP contribution in [0.1, 0.15) is 54.5 Å². The van der Waals surface area contributed by atoms with Gasteiger partial charge in [-0.3, -0.25) is 4.90 Å². The van der Waals surface area contributed by atoms with Crippen molar-refractivity contribution in [2.45, 2.75) is 50.5 Å². The van der Waals surface area contributed by atoms with E-state index >= 15 is 0 Å². The molecule has 2 rings (SSSR count). The Balaban J connectivity index is 2.06. The smallest absolute Gasteiger partial charge is 0.248 e. The molecular weight excluding hydrogens is 320 g/mol. The molecule has 0 radical (unpaired) electrons. The topological polar surface area (TPSA) is 49.1 Å². The lowest BCUT2D eigenvalue weighted by atomic mass is 9.87. The van der Waals surface area contributed by atoms with Gasteiger partial charge >= 0.3 is 0 Å². The summed E-state index contributed by atoms with van der Waals surface area (Å²) in [7, 11) is 1.64. The zero-order valence-electron chi connectivity index (χ0n) is 13.6. The molecular formula is C16H23F2N3OS. The molecule has 1 unspecified atom stereocenters. The van der Waals surface area contributed by atoms with E-state index in [2.05, 4.69) is 11.1 Å². The fraction of sp³-hybridized carbons (Fsp3) is 0.750. The quantitative estimate of drug-likeness (QED) is 0.752. The third-order valence-corrected chi connectivity index (χ3v) is 5.57. The molecule has 0 spiro atoms. The van der Waals surface area contributed by atoms with Crippen molar-refractivity contribution >= 4 is 11.3 Å². The van der Waals surface area contributed by atoms with Crippen LogP contribution < -0.4 is 0 Å². The first-order chi connectivity index (χ1) is 11.0. The van der Waals surface area contributed by atoms with Gasteiger partial charge in [0.25, 0.3) is 0 Å². The van der Waals surface area contributed by atoms with Crippen LogP contribution in [-0.4, -0.2) is 42.6 Å². The first-order valence-corrected chi connectivity index (χ1v) is 8.78. The number of thiazole rings is 1. The van der Waals surface area contributed by atoms with Crippen LogP contribution in [0.25, 0.3) is 0 Å². The van der Waals surface area contributed by atoms with Gasteiger partial charge in [0.15, 0.2) is 0 Å². The summed E-state index contributed by atoms with van der Waals surface area (Å²) in [6.45, 7) is 3.99. The molecule has 0 amide bonds. The van der Waals surface area contributed by atoms with Gasteiger partial charge in [-0.2, -0.15) is 5.26 Å². The van der Waals surface area contributed by atoms with E-state index in [0.717, 1.165) is 16.4 Å². The Kier molecular flexibility index (Phi) is 6.45. The zero-order chi connectivity index (χ0) is 16.9. The summed E-state index contributed by atoms with van der Waals surface area (Å²) < 4.78 is 31.6. The number of alkyl halides is 2. The summed E-state index contributed by atoms with van der Waals surface area (Å²) in [4.78, 5) is 7.34. The third-order valence-electron chi connectivity index (χ3n) is 4.35. The average Bonchev–Trinajstić information content (AvgIpc) is 3.00. The SMILES string of the molecule is CCN(CCOC)C(C#N)c1cnc(C2CCC(F)(F)CC2)s1. The van der Waals surface area contributed by atoms with E-state index in [1.807, 2.05) is 11.8 Å². The molecule has 7 heteroatoms. The van der Waals surface area contributed by atoms with Gasteiger partial charge in [-0.1, -0.05) is 6.92 Å². The maximum absolute atomic E-state index is 13.3. The van der Waals surface area contributed by atoms with E-state index in [-0.39, 0.29) is 24.8 Å². The molecule has 1 atom stereocenters. The van der Waals surface area contributed by atoms with Crippen LogP contribution in [0.4, 0.5) is 8.78 Å². The standard InChI is InChI=1S/C16H23F2N3OS/c1-3-21(8-9-22-2)13(10-19)14-11-20-15(23-14)12-4-6-16(17,18)7-5-12/h11-13H,3-9H2,1-2H3. The number of likely N-dealkylation sites (N-methyl/N-ethyl adjacent to an activating group) is 1. The number of halogens is 2. The second kappa shape index (κ2) is 8.13. The van der Waals surface area contributed by atoms with Crippen molar-refractivity contribution in [2.75, 3.05) is 26.8 Å². The summed E-state index contributed by atoms with van der Waals surface area (Å²) in [6.07, 6.45) is 2.54. The monoisotopic (exact) mass is 343 g/mol. The highest BCUT2D eigenvalue weighted by Gasteiger charge is 2.36. The highest BCUT2D eigenvalue weighted by atomic mass is 32.1. The average molecular weight is 343 g/mol. The highest BCUT2D eigenvalue weighted by molar-refractivity contribution is 7.11. The minimum atomic E-state index is -2.52. The van der Waals surface area contributed by atoms with E-state index < -0.39 is 5.92 Å². The molecule has 4 nitrogen and oxygen atoms in total. The van der Waals surface area contributed by atoms with Gasteiger partial charge in [0.05, 0.1) is 22.6 Å². The molecule has 0 bridgehead atoms. The zero-order valence-corrected chi connectivity index (χ0v) is 14.4. The second-order valence-corrected chi connectivity index (χ2v) is 6.98. The largest absolute Gasteiger partial charge is 0.383 e. The van der Waals surface area contributed by atoms with E-state index in [4.69, 9.17) is 4.74 Å². The molecule has 1 fully saturated rings. The number of ether oxygens (including phenoxy) is 1. The van der Waals surface area contributed by atoms with Crippen molar-refractivity contribution in [3.05, 3.63) is 16.1 Å². The molecule has 0 saturated heterocycles. The van der Waals surface area contributed by atoms with Crippen molar-refractivity contribution in [2.24, 2.45) is 0 Å². The Labute approximate surface area is 140 Å². The molecule has 1 aromatic heterocycles. The predicted octanol–water partition coefficient (Wildman–Crippen LogP) is 3.97. The van der Waals surface area contributed by atoms with Gasteiger partial charge in [0.2, 0.25) is 5.92 Å². The number of aromatic nitrogens is 1. The number of hydrogen-bond donors (Lipinski definition) is 0. The molecule has 0 N–H and O–H groups in total. The summed E-state index contributed by atoms with van der Waals surface area (Å²) in [5, 5.41) is 10.4. The van der Waals surface area contributed by atoms with E-state index in [1.54, 1.807) is 13.3 Å². The fourth-order valence-corrected chi connectivity index (χ4v) is 4.07. The van der Waals surface area contributed by atoms with Crippen LogP contribution >= 0.6 is 11.3 Å². The van der Waals surface area contributed by atoms with Crippen molar-refractivity contribution in [1.29, 1.82) is 5.26 Å². The maximum Gasteiger partial charge on any atom is 0.248 e. The van der Waals surface area contributed by atoms with Gasteiger partial charge in [-0.15, -0.1) is 11.3 Å². The molecule has 1 heterocycles. The second-order valence-electron chi connectivity index (χ2n) is 5.88. The van der Waals surface area contributed by atoms with Gasteiger partial charge in [0.1, 0.15) is 6.04 Å². The predicted molar refractivity (Wildman–Crippen MR) is 85.7 cm³/mol. The summed E-state index contributed by atoms with van der Waals surface area (Å²) in [6, 6.07) is 1.97. The Bertz CT molecular complexity index is 534. The van der Waals surface area contributed by atoms with Crippen molar-refractivity contribution in [3.8, 4) is 6.07 Å². The number of rotatable bonds is 7. The fourth-order valence-electron chi connectivity index (χ4n) is 2.91. The minimum absolute atomic E-state index is 0.0663. The number of nitrogens with zero attached hydrogens (tertiary/aromatic N) is 3. The number of hydrogen-bond acceptors (Lipinski definition) is 5. The molecule has 23 heavy (non-hydrogen) atoms. The van der Waals surface area contributed by atoms with Crippen LogP contribution in [-0.2, 0) is 4.74 Å². The van der Waals surface area contributed by atoms with Crippen LogP contribution in [0.3, 0.4) is 0 Å². The lowest BCUT2D eigenvalue weighted by Gasteiger charge is -2.27. The lowest BCUT2D eigenvalue weighted by molar-refractivity contribution is -0.0382. The normalized spacial score (nSPS) is 19.7. The van der Waals surface area contributed by atoms with Gasteiger partial charge in [0, 0.05) is 38.6 Å². The summed E-state index contributed by atoms with van der Waals surface area (Å²) in [5.74, 6) is -2.42. The Hall–Kier alpha value is -1.10. The number of nitriles is 1. The molecule has 1 saturated carbocycles. The molecule has 0 aliphatic heterocycles. The Morgan fingerprint density at radius 3 is 2.78 bits per heavy atom. The summed E-state index contributed by atoms with van der Waals surface area (Å²) >= 11 is 1.49. The molecule has 1 aliphatic carbocycles. The third kappa shape index (κ3) is 4.69. The lowest BCUT2D eigenvalue weighted by Crippen LogP contribution is -2.30. The van der Waals surface area contributed by atoms with Crippen LogP contribution in [0.5, 0.6) is 0 Å². The van der Waals surface area contributed by atoms with Gasteiger partial charge in [-0.25, -0.2) is 13.8 Å².